The molecule has 0 amide bonds. The van der Waals surface area contributed by atoms with Crippen molar-refractivity contribution in [2.24, 2.45) is 4.99 Å². The summed E-state index contributed by atoms with van der Waals surface area (Å²) in [4.78, 5) is 5.97. The van der Waals surface area contributed by atoms with Gasteiger partial charge >= 0.3 is 0 Å². The van der Waals surface area contributed by atoms with E-state index in [4.69, 9.17) is 4.42 Å². The van der Waals surface area contributed by atoms with Gasteiger partial charge in [-0.25, -0.2) is 0 Å². The molecule has 1 atom stereocenters. The molecule has 126 valence electrons. The smallest absolute Gasteiger partial charge is 0.191 e. The fraction of sp³-hybridized carbons (Fsp3) is 0.471. The highest BCUT2D eigenvalue weighted by molar-refractivity contribution is 7.10. The van der Waals surface area contributed by atoms with E-state index in [2.05, 4.69) is 47.0 Å². The molecule has 2 rings (SSSR count). The van der Waals surface area contributed by atoms with Crippen molar-refractivity contribution in [3.8, 4) is 0 Å². The molecule has 0 saturated heterocycles. The van der Waals surface area contributed by atoms with Crippen LogP contribution < -0.4 is 10.6 Å². The Balaban J connectivity index is 1.94. The molecule has 0 bridgehead atoms. The SMILES string of the molecule is CCNC(=NCC(C)(C)c1cccs1)NCC(O)c1ccco1. The maximum Gasteiger partial charge on any atom is 0.191 e. The minimum atomic E-state index is -0.695. The first-order valence-corrected chi connectivity index (χ1v) is 8.68. The maximum absolute atomic E-state index is 10.1. The van der Waals surface area contributed by atoms with Gasteiger partial charge in [0, 0.05) is 16.8 Å². The van der Waals surface area contributed by atoms with Crippen LogP contribution in [-0.4, -0.2) is 30.7 Å². The van der Waals surface area contributed by atoms with Gasteiger partial charge in [-0.1, -0.05) is 19.9 Å². The highest BCUT2D eigenvalue weighted by Gasteiger charge is 2.21. The normalized spacial score (nSPS) is 13.8. The summed E-state index contributed by atoms with van der Waals surface area (Å²) in [5.74, 6) is 1.25. The Labute approximate surface area is 141 Å². The number of guanidine groups is 1. The fourth-order valence-corrected chi connectivity index (χ4v) is 2.98. The van der Waals surface area contributed by atoms with E-state index in [0.717, 1.165) is 6.54 Å². The Hall–Kier alpha value is -1.79. The fourth-order valence-electron chi connectivity index (χ4n) is 2.13. The van der Waals surface area contributed by atoms with Crippen LogP contribution in [-0.2, 0) is 5.41 Å². The first kappa shape index (κ1) is 17.6. The minimum Gasteiger partial charge on any atom is -0.467 e. The second kappa shape index (κ2) is 8.17. The van der Waals surface area contributed by atoms with Crippen molar-refractivity contribution < 1.29 is 9.52 Å². The third-order valence-corrected chi connectivity index (χ3v) is 4.74. The number of furan rings is 1. The predicted molar refractivity (Wildman–Crippen MR) is 95.0 cm³/mol. The lowest BCUT2D eigenvalue weighted by Crippen LogP contribution is -2.40. The molecule has 1 unspecified atom stereocenters. The van der Waals surface area contributed by atoms with E-state index in [1.54, 1.807) is 29.7 Å². The van der Waals surface area contributed by atoms with Crippen LogP contribution >= 0.6 is 11.3 Å². The van der Waals surface area contributed by atoms with E-state index in [1.165, 1.54) is 4.88 Å². The van der Waals surface area contributed by atoms with Crippen LogP contribution in [0, 0.1) is 0 Å². The first-order valence-electron chi connectivity index (χ1n) is 7.80. The average molecular weight is 335 g/mol. The number of aliphatic hydroxyl groups is 1. The van der Waals surface area contributed by atoms with Gasteiger partial charge in [-0.15, -0.1) is 11.3 Å². The van der Waals surface area contributed by atoms with Crippen LogP contribution in [0.5, 0.6) is 0 Å². The topological polar surface area (TPSA) is 69.8 Å². The summed E-state index contributed by atoms with van der Waals surface area (Å²) in [6.45, 7) is 8.17. The zero-order valence-corrected chi connectivity index (χ0v) is 14.7. The standard InChI is InChI=1S/C17H25N3O2S/c1-4-18-16(19-11-13(21)14-7-5-9-22-14)20-12-17(2,3)15-8-6-10-23-15/h5-10,13,21H,4,11-12H2,1-3H3,(H2,18,19,20). The maximum atomic E-state index is 10.1. The van der Waals surface area contributed by atoms with Crippen LogP contribution in [0.2, 0.25) is 0 Å². The Morgan fingerprint density at radius 3 is 2.78 bits per heavy atom. The minimum absolute atomic E-state index is 0.0177. The number of aliphatic hydroxyl groups excluding tert-OH is 1. The number of thiophene rings is 1. The van der Waals surface area contributed by atoms with E-state index in [9.17, 15) is 5.11 Å². The summed E-state index contributed by atoms with van der Waals surface area (Å²) in [6, 6.07) is 7.73. The monoisotopic (exact) mass is 335 g/mol. The molecule has 0 aromatic carbocycles. The average Bonchev–Trinajstić information content (AvgIpc) is 3.23. The summed E-state index contributed by atoms with van der Waals surface area (Å²) in [7, 11) is 0. The number of nitrogens with one attached hydrogen (secondary N) is 2. The molecule has 3 N–H and O–H groups in total. The van der Waals surface area contributed by atoms with E-state index >= 15 is 0 Å². The van der Waals surface area contributed by atoms with Crippen LogP contribution in [0.3, 0.4) is 0 Å². The van der Waals surface area contributed by atoms with Gasteiger partial charge in [0.2, 0.25) is 0 Å². The highest BCUT2D eigenvalue weighted by Crippen LogP contribution is 2.27. The number of rotatable bonds is 7. The summed E-state index contributed by atoms with van der Waals surface area (Å²) < 4.78 is 5.20. The number of hydrogen-bond acceptors (Lipinski definition) is 4. The zero-order valence-electron chi connectivity index (χ0n) is 13.9. The lowest BCUT2D eigenvalue weighted by Gasteiger charge is -2.22. The van der Waals surface area contributed by atoms with Gasteiger partial charge in [-0.3, -0.25) is 4.99 Å². The third-order valence-electron chi connectivity index (χ3n) is 3.50. The Morgan fingerprint density at radius 2 is 2.17 bits per heavy atom. The van der Waals surface area contributed by atoms with Gasteiger partial charge in [-0.2, -0.15) is 0 Å². The highest BCUT2D eigenvalue weighted by atomic mass is 32.1. The van der Waals surface area contributed by atoms with Crippen molar-refractivity contribution in [2.75, 3.05) is 19.6 Å². The molecule has 0 aliphatic heterocycles. The van der Waals surface area contributed by atoms with Crippen molar-refractivity contribution in [3.63, 3.8) is 0 Å². The number of hydrogen-bond donors (Lipinski definition) is 3. The van der Waals surface area contributed by atoms with Crippen molar-refractivity contribution >= 4 is 17.3 Å². The van der Waals surface area contributed by atoms with E-state index in [1.807, 2.05) is 6.92 Å². The predicted octanol–water partition coefficient (Wildman–Crippen LogP) is 2.91. The van der Waals surface area contributed by atoms with E-state index in [-0.39, 0.29) is 5.41 Å². The summed E-state index contributed by atoms with van der Waals surface area (Å²) in [6.07, 6.45) is 0.862. The molecule has 0 saturated carbocycles. The molecular weight excluding hydrogens is 310 g/mol. The Bertz CT molecular complexity index is 591. The van der Waals surface area contributed by atoms with Gasteiger partial charge in [0.05, 0.1) is 19.4 Å². The lowest BCUT2D eigenvalue weighted by molar-refractivity contribution is 0.153. The van der Waals surface area contributed by atoms with Crippen molar-refractivity contribution in [3.05, 3.63) is 46.5 Å². The van der Waals surface area contributed by atoms with E-state index in [0.29, 0.717) is 24.8 Å². The molecule has 0 fully saturated rings. The van der Waals surface area contributed by atoms with Crippen molar-refractivity contribution in [1.29, 1.82) is 0 Å². The molecule has 0 aliphatic carbocycles. The van der Waals surface area contributed by atoms with E-state index < -0.39 is 6.10 Å². The second-order valence-corrected chi connectivity index (χ2v) is 6.92. The van der Waals surface area contributed by atoms with Gasteiger partial charge in [0.15, 0.2) is 5.96 Å². The number of aliphatic imine (C=N–C) groups is 1. The van der Waals surface area contributed by atoms with Gasteiger partial charge < -0.3 is 20.2 Å². The largest absolute Gasteiger partial charge is 0.467 e. The third kappa shape index (κ3) is 5.11. The number of nitrogens with zero attached hydrogens (tertiary/aromatic N) is 1. The first-order chi connectivity index (χ1) is 11.0. The van der Waals surface area contributed by atoms with Gasteiger partial charge in [-0.05, 0) is 30.5 Å². The summed E-state index contributed by atoms with van der Waals surface area (Å²) in [5, 5.41) is 18.5. The Kier molecular flexibility index (Phi) is 6.24. The lowest BCUT2D eigenvalue weighted by atomic mass is 9.92. The van der Waals surface area contributed by atoms with Crippen LogP contribution in [0.1, 0.15) is 37.5 Å². The van der Waals surface area contributed by atoms with Crippen molar-refractivity contribution in [1.82, 2.24) is 10.6 Å². The molecule has 6 heteroatoms. The summed E-state index contributed by atoms with van der Waals surface area (Å²) in [5.41, 5.74) is -0.0177. The van der Waals surface area contributed by atoms with Crippen molar-refractivity contribution in [2.45, 2.75) is 32.3 Å². The molecular formula is C17H25N3O2S. The molecule has 0 spiro atoms. The Morgan fingerprint density at radius 1 is 1.35 bits per heavy atom. The molecule has 0 radical (unpaired) electrons. The molecule has 2 aromatic heterocycles. The van der Waals surface area contributed by atoms with Gasteiger partial charge in [0.1, 0.15) is 11.9 Å². The molecule has 2 heterocycles. The van der Waals surface area contributed by atoms with Crippen LogP contribution in [0.15, 0.2) is 45.3 Å². The molecule has 5 nitrogen and oxygen atoms in total. The molecule has 0 aliphatic rings. The van der Waals surface area contributed by atoms with Crippen LogP contribution in [0.25, 0.3) is 0 Å². The zero-order chi connectivity index (χ0) is 16.7. The molecule has 2 aromatic rings. The quantitative estimate of drug-likeness (QED) is 0.537. The second-order valence-electron chi connectivity index (χ2n) is 5.97. The summed E-state index contributed by atoms with van der Waals surface area (Å²) >= 11 is 1.75. The van der Waals surface area contributed by atoms with Crippen LogP contribution in [0.4, 0.5) is 0 Å². The molecule has 23 heavy (non-hydrogen) atoms. The van der Waals surface area contributed by atoms with Gasteiger partial charge in [0.25, 0.3) is 0 Å².